The van der Waals surface area contributed by atoms with E-state index in [9.17, 15) is 8.42 Å². The van der Waals surface area contributed by atoms with E-state index in [0.717, 1.165) is 0 Å². The molecule has 19 heavy (non-hydrogen) atoms. The Morgan fingerprint density at radius 1 is 1.47 bits per heavy atom. The first kappa shape index (κ1) is 15.4. The maximum absolute atomic E-state index is 12.3. The lowest BCUT2D eigenvalue weighted by Crippen LogP contribution is -2.48. The lowest BCUT2D eigenvalue weighted by molar-refractivity contribution is 0.400. The van der Waals surface area contributed by atoms with E-state index in [-0.39, 0.29) is 17.2 Å². The molecule has 1 rings (SSSR count). The number of nitrogens with zero attached hydrogens (tertiary/aromatic N) is 1. The van der Waals surface area contributed by atoms with Crippen LogP contribution in [0.25, 0.3) is 0 Å². The molecule has 0 saturated heterocycles. The van der Waals surface area contributed by atoms with E-state index < -0.39 is 15.6 Å². The highest BCUT2D eigenvalue weighted by Gasteiger charge is 2.27. The number of hydrogen-bond acceptors (Lipinski definition) is 5. The standard InChI is InChI=1S/C12H17N3O3S/c1-12(2,8-14)15-19(16,17)11-5-4-9(7-13)6-10(11)18-3/h4-6,15H,8,14H2,1-3H3. The summed E-state index contributed by atoms with van der Waals surface area (Å²) in [4.78, 5) is -0.0180. The van der Waals surface area contributed by atoms with E-state index in [2.05, 4.69) is 4.72 Å². The second-order valence-corrected chi connectivity index (χ2v) is 6.32. The Morgan fingerprint density at radius 2 is 2.11 bits per heavy atom. The van der Waals surface area contributed by atoms with Gasteiger partial charge in [-0.15, -0.1) is 0 Å². The smallest absolute Gasteiger partial charge is 0.244 e. The van der Waals surface area contributed by atoms with Gasteiger partial charge in [0.05, 0.1) is 18.7 Å². The molecule has 0 bridgehead atoms. The minimum absolute atomic E-state index is 0.0180. The number of nitriles is 1. The Labute approximate surface area is 113 Å². The van der Waals surface area contributed by atoms with Crippen molar-refractivity contribution in [3.05, 3.63) is 23.8 Å². The van der Waals surface area contributed by atoms with Crippen molar-refractivity contribution in [1.29, 1.82) is 5.26 Å². The molecule has 0 spiro atoms. The highest BCUT2D eigenvalue weighted by molar-refractivity contribution is 7.89. The summed E-state index contributed by atoms with van der Waals surface area (Å²) < 4.78 is 32.0. The minimum atomic E-state index is -3.76. The van der Waals surface area contributed by atoms with Gasteiger partial charge in [-0.3, -0.25) is 0 Å². The molecule has 0 saturated carbocycles. The summed E-state index contributed by atoms with van der Waals surface area (Å²) in [5.41, 5.74) is 5.07. The van der Waals surface area contributed by atoms with Crippen LogP contribution in [0, 0.1) is 11.3 Å². The Morgan fingerprint density at radius 3 is 2.58 bits per heavy atom. The van der Waals surface area contributed by atoms with Crippen LogP contribution in [-0.4, -0.2) is 27.6 Å². The van der Waals surface area contributed by atoms with Gasteiger partial charge in [0.1, 0.15) is 10.6 Å². The predicted molar refractivity (Wildman–Crippen MR) is 71.2 cm³/mol. The molecule has 1 aromatic rings. The van der Waals surface area contributed by atoms with E-state index in [1.807, 2.05) is 6.07 Å². The third kappa shape index (κ3) is 3.67. The summed E-state index contributed by atoms with van der Waals surface area (Å²) >= 11 is 0. The molecule has 104 valence electrons. The van der Waals surface area contributed by atoms with Crippen LogP contribution >= 0.6 is 0 Å². The van der Waals surface area contributed by atoms with Crippen LogP contribution in [0.5, 0.6) is 5.75 Å². The Kier molecular flexibility index (Phi) is 4.52. The maximum atomic E-state index is 12.3. The third-order valence-electron chi connectivity index (χ3n) is 2.50. The number of sulfonamides is 1. The van der Waals surface area contributed by atoms with E-state index in [4.69, 9.17) is 15.7 Å². The maximum Gasteiger partial charge on any atom is 0.244 e. The molecule has 3 N–H and O–H groups in total. The molecule has 1 aromatic carbocycles. The van der Waals surface area contributed by atoms with Crippen molar-refractivity contribution in [3.63, 3.8) is 0 Å². The first-order chi connectivity index (χ1) is 8.75. The fourth-order valence-corrected chi connectivity index (χ4v) is 2.99. The van der Waals surface area contributed by atoms with Crippen molar-refractivity contribution in [3.8, 4) is 11.8 Å². The molecular weight excluding hydrogens is 266 g/mol. The number of rotatable bonds is 5. The van der Waals surface area contributed by atoms with Crippen LogP contribution in [0.15, 0.2) is 23.1 Å². The molecule has 0 radical (unpaired) electrons. The lowest BCUT2D eigenvalue weighted by atomic mass is 10.1. The fraction of sp³-hybridized carbons (Fsp3) is 0.417. The van der Waals surface area contributed by atoms with Crippen molar-refractivity contribution >= 4 is 10.0 Å². The molecule has 0 aliphatic heterocycles. The SMILES string of the molecule is COc1cc(C#N)ccc1S(=O)(=O)NC(C)(C)CN. The highest BCUT2D eigenvalue weighted by Crippen LogP contribution is 2.25. The van der Waals surface area contributed by atoms with Crippen LogP contribution in [0.2, 0.25) is 0 Å². The molecule has 0 aliphatic rings. The van der Waals surface area contributed by atoms with Crippen LogP contribution in [0.3, 0.4) is 0 Å². The average molecular weight is 283 g/mol. The molecule has 0 amide bonds. The first-order valence-corrected chi connectivity index (χ1v) is 7.06. The van der Waals surface area contributed by atoms with Crippen molar-refractivity contribution < 1.29 is 13.2 Å². The van der Waals surface area contributed by atoms with Crippen LogP contribution < -0.4 is 15.2 Å². The largest absolute Gasteiger partial charge is 0.495 e. The zero-order chi connectivity index (χ0) is 14.7. The molecule has 0 fully saturated rings. The normalized spacial score (nSPS) is 11.9. The molecule has 0 heterocycles. The zero-order valence-electron chi connectivity index (χ0n) is 11.1. The van der Waals surface area contributed by atoms with Gasteiger partial charge >= 0.3 is 0 Å². The monoisotopic (exact) mass is 283 g/mol. The number of nitrogens with one attached hydrogen (secondary N) is 1. The summed E-state index contributed by atoms with van der Waals surface area (Å²) in [6, 6.07) is 6.07. The van der Waals surface area contributed by atoms with Crippen molar-refractivity contribution in [2.75, 3.05) is 13.7 Å². The first-order valence-electron chi connectivity index (χ1n) is 5.58. The average Bonchev–Trinajstić information content (AvgIpc) is 2.36. The van der Waals surface area contributed by atoms with E-state index in [1.165, 1.54) is 25.3 Å². The van der Waals surface area contributed by atoms with Gasteiger partial charge in [-0.1, -0.05) is 0 Å². The summed E-state index contributed by atoms with van der Waals surface area (Å²) in [7, 11) is -2.41. The Bertz CT molecular complexity index is 603. The molecule has 0 aliphatic carbocycles. The third-order valence-corrected chi connectivity index (χ3v) is 4.24. The van der Waals surface area contributed by atoms with Gasteiger partial charge in [0, 0.05) is 12.1 Å². The van der Waals surface area contributed by atoms with Crippen molar-refractivity contribution in [2.24, 2.45) is 5.73 Å². The zero-order valence-corrected chi connectivity index (χ0v) is 11.9. The van der Waals surface area contributed by atoms with E-state index in [1.54, 1.807) is 13.8 Å². The summed E-state index contributed by atoms with van der Waals surface area (Å²) in [6.07, 6.45) is 0. The molecule has 6 nitrogen and oxygen atoms in total. The minimum Gasteiger partial charge on any atom is -0.495 e. The highest BCUT2D eigenvalue weighted by atomic mass is 32.2. The number of nitrogens with two attached hydrogens (primary N) is 1. The summed E-state index contributed by atoms with van der Waals surface area (Å²) in [5.74, 6) is 0.124. The Hall–Kier alpha value is -1.62. The van der Waals surface area contributed by atoms with Gasteiger partial charge in [-0.05, 0) is 32.0 Å². The van der Waals surface area contributed by atoms with Gasteiger partial charge in [-0.2, -0.15) is 5.26 Å². The van der Waals surface area contributed by atoms with E-state index >= 15 is 0 Å². The van der Waals surface area contributed by atoms with Crippen LogP contribution in [-0.2, 0) is 10.0 Å². The van der Waals surface area contributed by atoms with Gasteiger partial charge in [0.25, 0.3) is 0 Å². The quantitative estimate of drug-likeness (QED) is 0.822. The van der Waals surface area contributed by atoms with Crippen LogP contribution in [0.4, 0.5) is 0 Å². The molecule has 0 unspecified atom stereocenters. The van der Waals surface area contributed by atoms with Gasteiger partial charge in [0.15, 0.2) is 0 Å². The van der Waals surface area contributed by atoms with Crippen LogP contribution in [0.1, 0.15) is 19.4 Å². The number of benzene rings is 1. The molecule has 7 heteroatoms. The molecular formula is C12H17N3O3S. The second-order valence-electron chi connectivity index (χ2n) is 4.67. The van der Waals surface area contributed by atoms with Crippen molar-refractivity contribution in [2.45, 2.75) is 24.3 Å². The molecule has 0 atom stereocenters. The van der Waals surface area contributed by atoms with Gasteiger partial charge < -0.3 is 10.5 Å². The van der Waals surface area contributed by atoms with Crippen molar-refractivity contribution in [1.82, 2.24) is 4.72 Å². The summed E-state index contributed by atoms with van der Waals surface area (Å²) in [6.45, 7) is 3.52. The lowest BCUT2D eigenvalue weighted by Gasteiger charge is -2.24. The molecule has 0 aromatic heterocycles. The predicted octanol–water partition coefficient (Wildman–Crippen LogP) is 0.582. The number of hydrogen-bond donors (Lipinski definition) is 2. The number of ether oxygens (including phenoxy) is 1. The van der Waals surface area contributed by atoms with E-state index in [0.29, 0.717) is 5.56 Å². The fourth-order valence-electron chi connectivity index (χ4n) is 1.42. The summed E-state index contributed by atoms with van der Waals surface area (Å²) in [5, 5.41) is 8.79. The Balaban J connectivity index is 3.26. The second kappa shape index (κ2) is 5.57. The van der Waals surface area contributed by atoms with Gasteiger partial charge in [0.2, 0.25) is 10.0 Å². The van der Waals surface area contributed by atoms with Gasteiger partial charge in [-0.25, -0.2) is 13.1 Å². The topological polar surface area (TPSA) is 105 Å². The number of methoxy groups -OCH3 is 1.